The summed E-state index contributed by atoms with van der Waals surface area (Å²) in [6, 6.07) is 8.08. The predicted molar refractivity (Wildman–Crippen MR) is 139 cm³/mol. The highest BCUT2D eigenvalue weighted by Crippen LogP contribution is 2.25. The van der Waals surface area contributed by atoms with Crippen LogP contribution in [0.25, 0.3) is 0 Å². The molecule has 1 saturated carbocycles. The normalized spacial score (nSPS) is 16.1. The van der Waals surface area contributed by atoms with Crippen LogP contribution in [0.2, 0.25) is 5.02 Å². The maximum Gasteiger partial charge on any atom is 0.256 e. The van der Waals surface area contributed by atoms with Crippen molar-refractivity contribution in [2.75, 3.05) is 36.4 Å². The number of hydrogen-bond donors (Lipinski definition) is 2. The molecule has 2 fully saturated rings. The molecule has 1 aromatic carbocycles. The Balaban J connectivity index is 1.44. The zero-order valence-electron chi connectivity index (χ0n) is 20.4. The molecule has 1 aromatic heterocycles. The Kier molecular flexibility index (Phi) is 8.79. The topological polar surface area (TPSA) is 90.5 Å². The quantitative estimate of drug-likeness (QED) is 0.450. The Morgan fingerprint density at radius 2 is 1.97 bits per heavy atom. The van der Waals surface area contributed by atoms with Crippen LogP contribution in [-0.2, 0) is 11.3 Å². The van der Waals surface area contributed by atoms with Gasteiger partial charge in [0, 0.05) is 56.4 Å². The fraction of sp³-hybridized carbons (Fsp3) is 0.538. The van der Waals surface area contributed by atoms with Crippen molar-refractivity contribution in [2.24, 2.45) is 0 Å². The second-order valence-corrected chi connectivity index (χ2v) is 9.73. The van der Waals surface area contributed by atoms with Gasteiger partial charge >= 0.3 is 0 Å². The largest absolute Gasteiger partial charge is 0.367 e. The summed E-state index contributed by atoms with van der Waals surface area (Å²) in [5.41, 5.74) is 1.57. The average molecular weight is 499 g/mol. The fourth-order valence-electron chi connectivity index (χ4n) is 4.71. The SMILES string of the molecule is CCN(Cc1ccc(Cl)cc1)c1ncc(C(=O)NCCCN2CCCC2=O)c(NC2CCCC2)n1. The van der Waals surface area contributed by atoms with Gasteiger partial charge in [-0.2, -0.15) is 4.98 Å². The predicted octanol–water partition coefficient (Wildman–Crippen LogP) is 4.25. The minimum absolute atomic E-state index is 0.189. The maximum atomic E-state index is 13.0. The highest BCUT2D eigenvalue weighted by Gasteiger charge is 2.22. The lowest BCUT2D eigenvalue weighted by molar-refractivity contribution is -0.127. The van der Waals surface area contributed by atoms with Crippen molar-refractivity contribution in [3.8, 4) is 0 Å². The lowest BCUT2D eigenvalue weighted by Crippen LogP contribution is -2.32. The Morgan fingerprint density at radius 1 is 1.20 bits per heavy atom. The number of rotatable bonds is 11. The molecular weight excluding hydrogens is 464 g/mol. The smallest absolute Gasteiger partial charge is 0.256 e. The van der Waals surface area contributed by atoms with E-state index in [9.17, 15) is 9.59 Å². The fourth-order valence-corrected chi connectivity index (χ4v) is 4.83. The molecule has 188 valence electrons. The Hall–Kier alpha value is -2.87. The second-order valence-electron chi connectivity index (χ2n) is 9.29. The number of aromatic nitrogens is 2. The third-order valence-electron chi connectivity index (χ3n) is 6.73. The summed E-state index contributed by atoms with van der Waals surface area (Å²) in [7, 11) is 0. The molecule has 2 aromatic rings. The number of likely N-dealkylation sites (tertiary alicyclic amines) is 1. The van der Waals surface area contributed by atoms with Crippen molar-refractivity contribution in [1.82, 2.24) is 20.2 Å². The summed E-state index contributed by atoms with van der Waals surface area (Å²) in [5.74, 6) is 1.20. The third-order valence-corrected chi connectivity index (χ3v) is 6.98. The third kappa shape index (κ3) is 6.84. The van der Waals surface area contributed by atoms with E-state index in [2.05, 4.69) is 27.4 Å². The summed E-state index contributed by atoms with van der Waals surface area (Å²) in [4.78, 5) is 38.1. The molecule has 1 aliphatic heterocycles. The van der Waals surface area contributed by atoms with Gasteiger partial charge in [-0.15, -0.1) is 0 Å². The number of nitrogens with one attached hydrogen (secondary N) is 2. The number of nitrogens with zero attached hydrogens (tertiary/aromatic N) is 4. The summed E-state index contributed by atoms with van der Waals surface area (Å²) in [6.07, 6.45) is 8.44. The van der Waals surface area contributed by atoms with Crippen molar-refractivity contribution in [1.29, 1.82) is 0 Å². The van der Waals surface area contributed by atoms with Crippen LogP contribution < -0.4 is 15.5 Å². The number of benzene rings is 1. The van der Waals surface area contributed by atoms with Crippen molar-refractivity contribution in [2.45, 2.75) is 64.5 Å². The van der Waals surface area contributed by atoms with Gasteiger partial charge in [-0.1, -0.05) is 36.6 Å². The number of hydrogen-bond acceptors (Lipinski definition) is 6. The maximum absolute atomic E-state index is 13.0. The molecular formula is C26H35ClN6O2. The molecule has 0 radical (unpaired) electrons. The van der Waals surface area contributed by atoms with E-state index in [-0.39, 0.29) is 11.8 Å². The van der Waals surface area contributed by atoms with Gasteiger partial charge in [0.05, 0.1) is 0 Å². The lowest BCUT2D eigenvalue weighted by atomic mass is 10.2. The lowest BCUT2D eigenvalue weighted by Gasteiger charge is -2.23. The molecule has 0 spiro atoms. The monoisotopic (exact) mass is 498 g/mol. The standard InChI is InChI=1S/C26H35ClN6O2/c1-2-32(18-19-10-12-20(27)13-11-19)26-29-17-22(24(31-26)30-21-7-3-4-8-21)25(35)28-14-6-16-33-15-5-9-23(33)34/h10-13,17,21H,2-9,14-16,18H2,1H3,(H,28,35)(H,29,30,31). The van der Waals surface area contributed by atoms with Crippen LogP contribution in [0, 0.1) is 0 Å². The van der Waals surface area contributed by atoms with Gasteiger partial charge in [0.25, 0.3) is 5.91 Å². The number of amides is 2. The molecule has 0 bridgehead atoms. The van der Waals surface area contributed by atoms with Gasteiger partial charge in [0.2, 0.25) is 11.9 Å². The molecule has 1 saturated heterocycles. The van der Waals surface area contributed by atoms with E-state index in [0.717, 1.165) is 44.3 Å². The summed E-state index contributed by atoms with van der Waals surface area (Å²) >= 11 is 6.03. The van der Waals surface area contributed by atoms with Crippen LogP contribution in [0.3, 0.4) is 0 Å². The van der Waals surface area contributed by atoms with Crippen LogP contribution in [0.5, 0.6) is 0 Å². The first-order valence-electron chi connectivity index (χ1n) is 12.7. The first kappa shape index (κ1) is 25.2. The molecule has 2 aliphatic rings. The molecule has 2 N–H and O–H groups in total. The first-order valence-corrected chi connectivity index (χ1v) is 13.1. The van der Waals surface area contributed by atoms with Crippen molar-refractivity contribution >= 4 is 35.2 Å². The molecule has 35 heavy (non-hydrogen) atoms. The van der Waals surface area contributed by atoms with E-state index in [1.807, 2.05) is 29.2 Å². The molecule has 2 amide bonds. The first-order chi connectivity index (χ1) is 17.0. The van der Waals surface area contributed by atoms with E-state index in [0.29, 0.717) is 54.4 Å². The number of carbonyl (C=O) groups is 2. The minimum atomic E-state index is -0.189. The molecule has 9 heteroatoms. The Bertz CT molecular complexity index is 1010. The van der Waals surface area contributed by atoms with Crippen molar-refractivity contribution in [3.63, 3.8) is 0 Å². The average Bonchev–Trinajstić information content (AvgIpc) is 3.53. The Labute approximate surface area is 212 Å². The summed E-state index contributed by atoms with van der Waals surface area (Å²) in [6.45, 7) is 5.45. The second kappa shape index (κ2) is 12.2. The highest BCUT2D eigenvalue weighted by molar-refractivity contribution is 6.30. The van der Waals surface area contributed by atoms with E-state index in [1.165, 1.54) is 12.8 Å². The van der Waals surface area contributed by atoms with Crippen LogP contribution in [0.15, 0.2) is 30.5 Å². The van der Waals surface area contributed by atoms with Crippen LogP contribution in [0.1, 0.15) is 67.8 Å². The van der Waals surface area contributed by atoms with Crippen molar-refractivity contribution < 1.29 is 9.59 Å². The molecule has 0 unspecified atom stereocenters. The Morgan fingerprint density at radius 3 is 2.66 bits per heavy atom. The number of anilines is 2. The van der Waals surface area contributed by atoms with E-state index < -0.39 is 0 Å². The number of halogens is 1. The molecule has 1 aliphatic carbocycles. The van der Waals surface area contributed by atoms with Gasteiger partial charge in [0.1, 0.15) is 11.4 Å². The minimum Gasteiger partial charge on any atom is -0.367 e. The van der Waals surface area contributed by atoms with Gasteiger partial charge in [0.15, 0.2) is 0 Å². The van der Waals surface area contributed by atoms with E-state index >= 15 is 0 Å². The summed E-state index contributed by atoms with van der Waals surface area (Å²) in [5, 5.41) is 7.21. The van der Waals surface area contributed by atoms with Gasteiger partial charge in [-0.25, -0.2) is 4.98 Å². The molecule has 2 heterocycles. The summed E-state index contributed by atoms with van der Waals surface area (Å²) < 4.78 is 0. The van der Waals surface area contributed by atoms with E-state index in [4.69, 9.17) is 16.6 Å². The zero-order valence-corrected chi connectivity index (χ0v) is 21.2. The molecule has 8 nitrogen and oxygen atoms in total. The van der Waals surface area contributed by atoms with Crippen LogP contribution >= 0.6 is 11.6 Å². The molecule has 0 atom stereocenters. The van der Waals surface area contributed by atoms with Crippen molar-refractivity contribution in [3.05, 3.63) is 46.6 Å². The van der Waals surface area contributed by atoms with Gasteiger partial charge < -0.3 is 20.4 Å². The van der Waals surface area contributed by atoms with Crippen LogP contribution in [0.4, 0.5) is 11.8 Å². The van der Waals surface area contributed by atoms with Crippen LogP contribution in [-0.4, -0.2) is 58.9 Å². The zero-order chi connectivity index (χ0) is 24.6. The van der Waals surface area contributed by atoms with Gasteiger partial charge in [-0.05, 0) is 50.3 Å². The number of carbonyl (C=O) groups excluding carboxylic acids is 2. The van der Waals surface area contributed by atoms with E-state index in [1.54, 1.807) is 6.20 Å². The molecule has 4 rings (SSSR count). The highest BCUT2D eigenvalue weighted by atomic mass is 35.5. The van der Waals surface area contributed by atoms with Gasteiger partial charge in [-0.3, -0.25) is 9.59 Å².